The first-order chi connectivity index (χ1) is 13.2. The molecule has 160 valence electrons. The zero-order valence-electron chi connectivity index (χ0n) is 17.5. The summed E-state index contributed by atoms with van der Waals surface area (Å²) < 4.78 is 16.1. The zero-order valence-corrected chi connectivity index (χ0v) is 19.8. The van der Waals surface area contributed by atoms with Crippen molar-refractivity contribution in [1.29, 1.82) is 0 Å². The molecule has 0 aromatic heterocycles. The molecule has 1 saturated carbocycles. The fourth-order valence-electron chi connectivity index (χ4n) is 3.60. The van der Waals surface area contributed by atoms with Crippen LogP contribution in [0.25, 0.3) is 0 Å². The van der Waals surface area contributed by atoms with E-state index in [2.05, 4.69) is 15.6 Å². The van der Waals surface area contributed by atoms with Crippen molar-refractivity contribution < 1.29 is 14.2 Å². The van der Waals surface area contributed by atoms with Crippen LogP contribution in [0.5, 0.6) is 5.75 Å². The summed E-state index contributed by atoms with van der Waals surface area (Å²) in [5.74, 6) is 1.63. The number of benzene rings is 1. The summed E-state index contributed by atoms with van der Waals surface area (Å²) in [6.45, 7) is 3.09. The molecule has 0 unspecified atom stereocenters. The van der Waals surface area contributed by atoms with Crippen LogP contribution >= 0.6 is 24.0 Å². The third-order valence-electron chi connectivity index (χ3n) is 5.21. The zero-order chi connectivity index (χ0) is 19.4. The van der Waals surface area contributed by atoms with Gasteiger partial charge in [0, 0.05) is 59.2 Å². The van der Waals surface area contributed by atoms with Crippen molar-refractivity contribution in [3.05, 3.63) is 24.3 Å². The second-order valence-electron chi connectivity index (χ2n) is 7.22. The molecule has 1 aromatic carbocycles. The van der Waals surface area contributed by atoms with Crippen LogP contribution in [-0.4, -0.2) is 53.6 Å². The van der Waals surface area contributed by atoms with Gasteiger partial charge in [0.05, 0.1) is 6.61 Å². The number of guanidine groups is 1. The van der Waals surface area contributed by atoms with E-state index in [1.54, 1.807) is 21.3 Å². The minimum absolute atomic E-state index is 0. The SMILES string of the molecule is CN=C(NCC1(CCOC)CCCC1)Nc1cccc(OCCCOC)c1.I. The summed E-state index contributed by atoms with van der Waals surface area (Å²) in [6, 6.07) is 7.96. The molecule has 0 amide bonds. The largest absolute Gasteiger partial charge is 0.493 e. The summed E-state index contributed by atoms with van der Waals surface area (Å²) >= 11 is 0. The average molecular weight is 505 g/mol. The van der Waals surface area contributed by atoms with Crippen molar-refractivity contribution in [1.82, 2.24) is 5.32 Å². The van der Waals surface area contributed by atoms with Crippen molar-refractivity contribution in [2.75, 3.05) is 52.9 Å². The minimum Gasteiger partial charge on any atom is -0.493 e. The standard InChI is InChI=1S/C21H35N3O3.HI/c1-22-20(23-17-21(12-15-26-3)10-4-5-11-21)24-18-8-6-9-19(16-18)27-14-7-13-25-2;/h6,8-9,16H,4-5,7,10-15,17H2,1-3H3,(H2,22,23,24);1H. The first-order valence-corrected chi connectivity index (χ1v) is 9.90. The molecule has 1 aliphatic rings. The molecule has 2 N–H and O–H groups in total. The molecule has 0 heterocycles. The number of rotatable bonds is 11. The number of nitrogens with zero attached hydrogens (tertiary/aromatic N) is 1. The van der Waals surface area contributed by atoms with Crippen LogP contribution in [0.3, 0.4) is 0 Å². The van der Waals surface area contributed by atoms with Crippen LogP contribution in [0.15, 0.2) is 29.3 Å². The number of methoxy groups -OCH3 is 2. The maximum atomic E-state index is 5.77. The van der Waals surface area contributed by atoms with Gasteiger partial charge in [-0.25, -0.2) is 0 Å². The first-order valence-electron chi connectivity index (χ1n) is 9.90. The van der Waals surface area contributed by atoms with Crippen LogP contribution in [0, 0.1) is 5.41 Å². The van der Waals surface area contributed by atoms with Crippen LogP contribution in [0.4, 0.5) is 5.69 Å². The van der Waals surface area contributed by atoms with E-state index in [0.29, 0.717) is 18.6 Å². The quantitative estimate of drug-likeness (QED) is 0.203. The molecule has 1 aromatic rings. The second-order valence-corrected chi connectivity index (χ2v) is 7.22. The second kappa shape index (κ2) is 14.0. The number of anilines is 1. The molecular formula is C21H36IN3O3. The lowest BCUT2D eigenvalue weighted by atomic mass is 9.83. The third kappa shape index (κ3) is 8.53. The summed E-state index contributed by atoms with van der Waals surface area (Å²) in [5, 5.41) is 6.89. The number of halogens is 1. The smallest absolute Gasteiger partial charge is 0.195 e. The van der Waals surface area contributed by atoms with Crippen LogP contribution in [0.2, 0.25) is 0 Å². The molecule has 0 radical (unpaired) electrons. The fourth-order valence-corrected chi connectivity index (χ4v) is 3.60. The Labute approximate surface area is 186 Å². The lowest BCUT2D eigenvalue weighted by molar-refractivity contribution is 0.138. The molecule has 6 nitrogen and oxygen atoms in total. The van der Waals surface area contributed by atoms with E-state index in [-0.39, 0.29) is 24.0 Å². The molecule has 2 rings (SSSR count). The predicted molar refractivity (Wildman–Crippen MR) is 126 cm³/mol. The topological polar surface area (TPSA) is 64.1 Å². The Balaban J connectivity index is 0.00000392. The Kier molecular flexibility index (Phi) is 12.5. The maximum Gasteiger partial charge on any atom is 0.195 e. The number of ether oxygens (including phenoxy) is 3. The highest BCUT2D eigenvalue weighted by molar-refractivity contribution is 14.0. The van der Waals surface area contributed by atoms with Crippen LogP contribution < -0.4 is 15.4 Å². The monoisotopic (exact) mass is 505 g/mol. The van der Waals surface area contributed by atoms with E-state index in [9.17, 15) is 0 Å². The number of nitrogens with one attached hydrogen (secondary N) is 2. The van der Waals surface area contributed by atoms with Gasteiger partial charge in [0.2, 0.25) is 0 Å². The van der Waals surface area contributed by atoms with Gasteiger partial charge in [-0.15, -0.1) is 24.0 Å². The first kappa shape index (κ1) is 25.0. The van der Waals surface area contributed by atoms with Crippen molar-refractivity contribution >= 4 is 35.6 Å². The van der Waals surface area contributed by atoms with Gasteiger partial charge in [-0.05, 0) is 36.8 Å². The Morgan fingerprint density at radius 1 is 1.11 bits per heavy atom. The fraction of sp³-hybridized carbons (Fsp3) is 0.667. The molecule has 0 saturated heterocycles. The van der Waals surface area contributed by atoms with Gasteiger partial charge in [-0.3, -0.25) is 4.99 Å². The molecule has 0 spiro atoms. The minimum atomic E-state index is 0. The van der Waals surface area contributed by atoms with Crippen LogP contribution in [-0.2, 0) is 9.47 Å². The number of aliphatic imine (C=N–C) groups is 1. The molecular weight excluding hydrogens is 469 g/mol. The third-order valence-corrected chi connectivity index (χ3v) is 5.21. The molecule has 1 aliphatic carbocycles. The molecule has 7 heteroatoms. The normalized spacial score (nSPS) is 15.8. The van der Waals surface area contributed by atoms with Crippen molar-refractivity contribution in [2.45, 2.75) is 38.5 Å². The lowest BCUT2D eigenvalue weighted by Crippen LogP contribution is -2.40. The van der Waals surface area contributed by atoms with Gasteiger partial charge in [0.15, 0.2) is 5.96 Å². The molecule has 0 atom stereocenters. The maximum absolute atomic E-state index is 5.77. The van der Waals surface area contributed by atoms with Gasteiger partial charge in [-0.2, -0.15) is 0 Å². The van der Waals surface area contributed by atoms with Crippen LogP contribution in [0.1, 0.15) is 38.5 Å². The van der Waals surface area contributed by atoms with E-state index in [1.165, 1.54) is 25.7 Å². The van der Waals surface area contributed by atoms with E-state index >= 15 is 0 Å². The molecule has 1 fully saturated rings. The Morgan fingerprint density at radius 2 is 1.86 bits per heavy atom. The van der Waals surface area contributed by atoms with E-state index < -0.39 is 0 Å². The van der Waals surface area contributed by atoms with Crippen molar-refractivity contribution in [3.63, 3.8) is 0 Å². The highest BCUT2D eigenvalue weighted by atomic mass is 127. The van der Waals surface area contributed by atoms with Gasteiger partial charge in [0.1, 0.15) is 5.75 Å². The average Bonchev–Trinajstić information content (AvgIpc) is 3.16. The Morgan fingerprint density at radius 3 is 2.54 bits per heavy atom. The van der Waals surface area contributed by atoms with E-state index in [0.717, 1.165) is 43.4 Å². The summed E-state index contributed by atoms with van der Waals surface area (Å²) in [6.07, 6.45) is 7.09. The van der Waals surface area contributed by atoms with Gasteiger partial charge in [0.25, 0.3) is 0 Å². The summed E-state index contributed by atoms with van der Waals surface area (Å²) in [5.41, 5.74) is 1.28. The van der Waals surface area contributed by atoms with Crippen molar-refractivity contribution in [3.8, 4) is 5.75 Å². The summed E-state index contributed by atoms with van der Waals surface area (Å²) in [4.78, 5) is 4.38. The molecule has 0 aliphatic heterocycles. The summed E-state index contributed by atoms with van der Waals surface area (Å²) in [7, 11) is 5.28. The highest BCUT2D eigenvalue weighted by Gasteiger charge is 2.33. The van der Waals surface area contributed by atoms with Gasteiger partial charge < -0.3 is 24.8 Å². The number of hydrogen-bond donors (Lipinski definition) is 2. The van der Waals surface area contributed by atoms with Crippen molar-refractivity contribution in [2.24, 2.45) is 10.4 Å². The van der Waals surface area contributed by atoms with Gasteiger partial charge in [-0.1, -0.05) is 18.9 Å². The lowest BCUT2D eigenvalue weighted by Gasteiger charge is -2.30. The Bertz CT molecular complexity index is 578. The predicted octanol–water partition coefficient (Wildman–Crippen LogP) is 4.30. The highest BCUT2D eigenvalue weighted by Crippen LogP contribution is 2.40. The van der Waals surface area contributed by atoms with E-state index in [4.69, 9.17) is 14.2 Å². The molecule has 0 bridgehead atoms. The molecule has 28 heavy (non-hydrogen) atoms. The number of hydrogen-bond acceptors (Lipinski definition) is 4. The van der Waals surface area contributed by atoms with E-state index in [1.807, 2.05) is 24.3 Å². The van der Waals surface area contributed by atoms with Gasteiger partial charge >= 0.3 is 0 Å². The Hall–Kier alpha value is -1.06.